The highest BCUT2D eigenvalue weighted by atomic mass is 14.9. The molecular formula is C15H21N3. The highest BCUT2D eigenvalue weighted by Crippen LogP contribution is 2.30. The van der Waals surface area contributed by atoms with Gasteiger partial charge in [-0.1, -0.05) is 27.7 Å². The Morgan fingerprint density at radius 2 is 1.61 bits per heavy atom. The first kappa shape index (κ1) is 12.9. The Morgan fingerprint density at radius 1 is 0.944 bits per heavy atom. The van der Waals surface area contributed by atoms with Crippen LogP contribution in [0.3, 0.4) is 0 Å². The Kier molecular flexibility index (Phi) is 3.33. The Labute approximate surface area is 109 Å². The molecule has 3 nitrogen and oxygen atoms in total. The summed E-state index contributed by atoms with van der Waals surface area (Å²) >= 11 is 0. The first-order chi connectivity index (χ1) is 8.41. The number of nitrogens with zero attached hydrogens (tertiary/aromatic N) is 3. The van der Waals surface area contributed by atoms with Gasteiger partial charge in [0.25, 0.3) is 0 Å². The molecule has 0 bridgehead atoms. The molecule has 0 radical (unpaired) electrons. The molecule has 0 N–H and O–H groups in total. The van der Waals surface area contributed by atoms with E-state index < -0.39 is 0 Å². The van der Waals surface area contributed by atoms with E-state index >= 15 is 0 Å². The second-order valence-electron chi connectivity index (χ2n) is 5.49. The molecule has 0 unspecified atom stereocenters. The molecule has 0 saturated carbocycles. The third-order valence-corrected chi connectivity index (χ3v) is 3.25. The van der Waals surface area contributed by atoms with Crippen molar-refractivity contribution in [3.05, 3.63) is 29.0 Å². The Morgan fingerprint density at radius 3 is 2.17 bits per heavy atom. The molecule has 0 saturated heterocycles. The molecule has 2 aromatic rings. The maximum absolute atomic E-state index is 4.65. The number of fused-ring (bicyclic) bond motifs is 1. The third kappa shape index (κ3) is 2.09. The van der Waals surface area contributed by atoms with Crippen molar-refractivity contribution in [2.24, 2.45) is 0 Å². The Balaban J connectivity index is 2.94. The van der Waals surface area contributed by atoms with Crippen LogP contribution in [0.1, 0.15) is 62.3 Å². The summed E-state index contributed by atoms with van der Waals surface area (Å²) in [5.41, 5.74) is 4.39. The van der Waals surface area contributed by atoms with Gasteiger partial charge in [-0.25, -0.2) is 9.97 Å². The lowest BCUT2D eigenvalue weighted by Gasteiger charge is -2.16. The van der Waals surface area contributed by atoms with Crippen molar-refractivity contribution in [1.82, 2.24) is 15.0 Å². The van der Waals surface area contributed by atoms with Crippen LogP contribution < -0.4 is 0 Å². The minimum Gasteiger partial charge on any atom is -0.259 e. The molecule has 2 heterocycles. The summed E-state index contributed by atoms with van der Waals surface area (Å²) in [5, 5.41) is 1.21. The molecule has 0 aromatic carbocycles. The van der Waals surface area contributed by atoms with Gasteiger partial charge in [0.15, 0.2) is 0 Å². The fraction of sp³-hybridized carbons (Fsp3) is 0.533. The van der Waals surface area contributed by atoms with E-state index in [0.29, 0.717) is 11.8 Å². The second kappa shape index (κ2) is 4.63. The smallest absolute Gasteiger partial charge is 0.126 e. The largest absolute Gasteiger partial charge is 0.259 e. The normalized spacial score (nSPS) is 11.8. The van der Waals surface area contributed by atoms with Crippen LogP contribution in [0.5, 0.6) is 0 Å². The molecule has 2 rings (SSSR count). The van der Waals surface area contributed by atoms with E-state index in [1.165, 1.54) is 10.9 Å². The van der Waals surface area contributed by atoms with Crippen molar-refractivity contribution >= 4 is 10.9 Å². The summed E-state index contributed by atoms with van der Waals surface area (Å²) < 4.78 is 0. The average molecular weight is 243 g/mol. The van der Waals surface area contributed by atoms with Crippen molar-refractivity contribution in [3.63, 3.8) is 0 Å². The average Bonchev–Trinajstić information content (AvgIpc) is 2.28. The summed E-state index contributed by atoms with van der Waals surface area (Å²) in [5.74, 6) is 1.66. The molecule has 0 aliphatic heterocycles. The van der Waals surface area contributed by atoms with E-state index in [9.17, 15) is 0 Å². The number of rotatable bonds is 2. The van der Waals surface area contributed by atoms with Gasteiger partial charge in [0.2, 0.25) is 0 Å². The summed E-state index contributed by atoms with van der Waals surface area (Å²) in [6.45, 7) is 12.7. The lowest BCUT2D eigenvalue weighted by molar-refractivity contribution is 0.804. The van der Waals surface area contributed by atoms with Gasteiger partial charge in [-0.2, -0.15) is 0 Å². The number of pyridine rings is 1. The van der Waals surface area contributed by atoms with Crippen LogP contribution in [-0.2, 0) is 0 Å². The number of hydrogen-bond donors (Lipinski definition) is 0. The maximum atomic E-state index is 4.65. The van der Waals surface area contributed by atoms with E-state index in [0.717, 1.165) is 22.7 Å². The minimum atomic E-state index is 0.397. The first-order valence-electron chi connectivity index (χ1n) is 6.55. The quantitative estimate of drug-likeness (QED) is 0.803. The predicted molar refractivity (Wildman–Crippen MR) is 75.0 cm³/mol. The predicted octanol–water partition coefficient (Wildman–Crippen LogP) is 3.89. The Hall–Kier alpha value is -1.51. The lowest BCUT2D eigenvalue weighted by Crippen LogP contribution is -2.05. The summed E-state index contributed by atoms with van der Waals surface area (Å²) in [7, 11) is 0. The van der Waals surface area contributed by atoms with Crippen molar-refractivity contribution in [3.8, 4) is 0 Å². The minimum absolute atomic E-state index is 0.397. The number of aryl methyl sites for hydroxylation is 2. The molecular weight excluding hydrogens is 222 g/mol. The fourth-order valence-electron chi connectivity index (χ4n) is 2.29. The van der Waals surface area contributed by atoms with Gasteiger partial charge in [0, 0.05) is 11.6 Å². The van der Waals surface area contributed by atoms with Gasteiger partial charge in [-0.3, -0.25) is 4.98 Å². The molecule has 0 atom stereocenters. The van der Waals surface area contributed by atoms with E-state index in [1.54, 1.807) is 0 Å². The molecule has 96 valence electrons. The second-order valence-corrected chi connectivity index (χ2v) is 5.49. The molecule has 3 heteroatoms. The Bertz CT molecular complexity index is 586. The van der Waals surface area contributed by atoms with Crippen LogP contribution >= 0.6 is 0 Å². The molecule has 0 spiro atoms. The van der Waals surface area contributed by atoms with E-state index in [1.807, 2.05) is 20.0 Å². The van der Waals surface area contributed by atoms with Crippen LogP contribution in [0, 0.1) is 13.8 Å². The summed E-state index contributed by atoms with van der Waals surface area (Å²) in [6.07, 6.45) is 1.98. The third-order valence-electron chi connectivity index (χ3n) is 3.25. The molecule has 0 aliphatic carbocycles. The highest BCUT2D eigenvalue weighted by molar-refractivity contribution is 5.86. The molecule has 0 fully saturated rings. The zero-order chi connectivity index (χ0) is 13.4. The van der Waals surface area contributed by atoms with Gasteiger partial charge in [-0.05, 0) is 31.2 Å². The standard InChI is InChI=1S/C15H21N3/c1-8(2)12-7-16-10(5)15-13(12)14(9(3)4)17-11(6)18-15/h7-9H,1-6H3. The zero-order valence-corrected chi connectivity index (χ0v) is 12.1. The number of aromatic nitrogens is 3. The topological polar surface area (TPSA) is 38.7 Å². The van der Waals surface area contributed by atoms with Gasteiger partial charge in [0.05, 0.1) is 16.9 Å². The maximum Gasteiger partial charge on any atom is 0.126 e. The van der Waals surface area contributed by atoms with Gasteiger partial charge in [0.1, 0.15) is 5.82 Å². The molecule has 0 aliphatic rings. The van der Waals surface area contributed by atoms with Crippen LogP contribution in [0.4, 0.5) is 0 Å². The highest BCUT2D eigenvalue weighted by Gasteiger charge is 2.16. The monoisotopic (exact) mass is 243 g/mol. The van der Waals surface area contributed by atoms with Gasteiger partial charge >= 0.3 is 0 Å². The summed E-state index contributed by atoms with van der Waals surface area (Å²) in [4.78, 5) is 13.7. The SMILES string of the molecule is Cc1nc(C(C)C)c2c(C(C)C)cnc(C)c2n1. The molecule has 18 heavy (non-hydrogen) atoms. The molecule has 2 aromatic heterocycles. The van der Waals surface area contributed by atoms with E-state index in [4.69, 9.17) is 0 Å². The first-order valence-corrected chi connectivity index (χ1v) is 6.55. The summed E-state index contributed by atoms with van der Waals surface area (Å²) in [6, 6.07) is 0. The van der Waals surface area contributed by atoms with Crippen molar-refractivity contribution < 1.29 is 0 Å². The zero-order valence-electron chi connectivity index (χ0n) is 12.1. The van der Waals surface area contributed by atoms with Crippen LogP contribution in [-0.4, -0.2) is 15.0 Å². The van der Waals surface area contributed by atoms with Gasteiger partial charge < -0.3 is 0 Å². The lowest BCUT2D eigenvalue weighted by atomic mass is 9.95. The fourth-order valence-corrected chi connectivity index (χ4v) is 2.29. The van der Waals surface area contributed by atoms with Crippen molar-refractivity contribution in [2.75, 3.05) is 0 Å². The van der Waals surface area contributed by atoms with Gasteiger partial charge in [-0.15, -0.1) is 0 Å². The van der Waals surface area contributed by atoms with Crippen LogP contribution in [0.2, 0.25) is 0 Å². The van der Waals surface area contributed by atoms with Crippen molar-refractivity contribution in [1.29, 1.82) is 0 Å². The van der Waals surface area contributed by atoms with Crippen LogP contribution in [0.25, 0.3) is 10.9 Å². The van der Waals surface area contributed by atoms with Crippen molar-refractivity contribution in [2.45, 2.75) is 53.4 Å². The molecule has 0 amide bonds. The van der Waals surface area contributed by atoms with E-state index in [2.05, 4.69) is 42.6 Å². The van der Waals surface area contributed by atoms with E-state index in [-0.39, 0.29) is 0 Å². The number of hydrogen-bond acceptors (Lipinski definition) is 3. The van der Waals surface area contributed by atoms with Crippen LogP contribution in [0.15, 0.2) is 6.20 Å².